The van der Waals surface area contributed by atoms with Crippen molar-refractivity contribution in [3.8, 4) is 29.0 Å². The Morgan fingerprint density at radius 1 is 1.36 bits per heavy atom. The Morgan fingerprint density at radius 3 is 2.82 bits per heavy atom. The highest BCUT2D eigenvalue weighted by Gasteiger charge is 2.30. The second kappa shape index (κ2) is 8.37. The van der Waals surface area contributed by atoms with Crippen molar-refractivity contribution in [2.24, 2.45) is 5.73 Å². The van der Waals surface area contributed by atoms with E-state index >= 15 is 0 Å². The highest BCUT2D eigenvalue weighted by Crippen LogP contribution is 2.35. The monoisotopic (exact) mass is 449 g/mol. The molecule has 0 fully saturated rings. The Hall–Kier alpha value is -4.23. The minimum atomic E-state index is -1.62. The molecule has 1 aliphatic rings. The van der Waals surface area contributed by atoms with Crippen molar-refractivity contribution in [1.82, 2.24) is 19.9 Å². The Labute approximate surface area is 188 Å². The molecular weight excluding hydrogens is 429 g/mol. The number of amides is 2. The number of nitrogens with one attached hydrogen (secondary N) is 1. The Bertz CT molecular complexity index is 1320. The summed E-state index contributed by atoms with van der Waals surface area (Å²) in [6.07, 6.45) is 1.52. The molecule has 4 N–H and O–H groups in total. The number of aliphatic hydroxyl groups is 1. The van der Waals surface area contributed by atoms with E-state index in [-0.39, 0.29) is 41.7 Å². The van der Waals surface area contributed by atoms with Crippen molar-refractivity contribution in [3.63, 3.8) is 0 Å². The summed E-state index contributed by atoms with van der Waals surface area (Å²) in [7, 11) is 1.42. The molecule has 168 valence electrons. The van der Waals surface area contributed by atoms with Crippen molar-refractivity contribution in [2.45, 2.75) is 19.1 Å². The van der Waals surface area contributed by atoms with Crippen LogP contribution in [0.4, 0.5) is 4.39 Å². The first-order valence-electron chi connectivity index (χ1n) is 9.99. The average Bonchev–Trinajstić information content (AvgIpc) is 3.09. The Balaban J connectivity index is 1.86. The number of aromatic nitrogens is 3. The number of hydrogen-bond acceptors (Lipinski definition) is 6. The van der Waals surface area contributed by atoms with Gasteiger partial charge >= 0.3 is 0 Å². The lowest BCUT2D eigenvalue weighted by atomic mass is 10.0. The molecule has 9 nitrogen and oxygen atoms in total. The quantitative estimate of drug-likeness (QED) is 0.515. The lowest BCUT2D eigenvalue weighted by Crippen LogP contribution is -2.26. The van der Waals surface area contributed by atoms with E-state index in [1.165, 1.54) is 30.8 Å². The van der Waals surface area contributed by atoms with Crippen molar-refractivity contribution in [3.05, 3.63) is 65.0 Å². The van der Waals surface area contributed by atoms with E-state index in [1.807, 2.05) is 0 Å². The lowest BCUT2D eigenvalue weighted by molar-refractivity contribution is 0.0933. The number of carbonyl (C=O) groups excluding carboxylic acids is 2. The zero-order valence-electron chi connectivity index (χ0n) is 17.8. The molecule has 0 saturated carbocycles. The summed E-state index contributed by atoms with van der Waals surface area (Å²) in [5.74, 6) is 3.61. The normalized spacial score (nSPS) is 13.8. The third-order valence-electron chi connectivity index (χ3n) is 5.13. The van der Waals surface area contributed by atoms with Gasteiger partial charge in [0.2, 0.25) is 0 Å². The number of carbonyl (C=O) groups is 2. The predicted molar refractivity (Wildman–Crippen MR) is 116 cm³/mol. The molecule has 10 heteroatoms. The molecule has 1 aliphatic heterocycles. The standard InChI is InChI=1S/C23H20FN5O4/c1-23(32,17-5-3-4-8-27-17)7-6-13-11-14-16(12-15(13)24)33-10-9-29-19(22(31)26-2)18(20(25)30)28-21(14)29/h3-5,8,11-12,32H,9-10H2,1-2H3,(H2,25,30)(H,26,31)/t23-/m0/s1. The number of rotatable bonds is 3. The van der Waals surface area contributed by atoms with Gasteiger partial charge in [-0.2, -0.15) is 0 Å². The van der Waals surface area contributed by atoms with Gasteiger partial charge in [0, 0.05) is 19.3 Å². The van der Waals surface area contributed by atoms with Gasteiger partial charge in [-0.1, -0.05) is 17.9 Å². The SMILES string of the molecule is CNC(=O)c1c(C(N)=O)nc2n1CCOc1cc(F)c(C#C[C@](C)(O)c3ccccn3)cc1-2. The topological polar surface area (TPSA) is 132 Å². The van der Waals surface area contributed by atoms with Crippen molar-refractivity contribution >= 4 is 11.8 Å². The highest BCUT2D eigenvalue weighted by atomic mass is 19.1. The Morgan fingerprint density at radius 2 is 2.15 bits per heavy atom. The fourth-order valence-corrected chi connectivity index (χ4v) is 3.49. The summed E-state index contributed by atoms with van der Waals surface area (Å²) in [5, 5.41) is 13.1. The molecule has 0 spiro atoms. The van der Waals surface area contributed by atoms with Crippen LogP contribution in [0.2, 0.25) is 0 Å². The average molecular weight is 449 g/mol. The van der Waals surface area contributed by atoms with E-state index in [2.05, 4.69) is 27.1 Å². The molecule has 2 amide bonds. The number of benzene rings is 1. The van der Waals surface area contributed by atoms with Crippen molar-refractivity contribution < 1.29 is 23.8 Å². The molecule has 0 unspecified atom stereocenters. The second-order valence-electron chi connectivity index (χ2n) is 7.44. The van der Waals surface area contributed by atoms with Crippen molar-refractivity contribution in [1.29, 1.82) is 0 Å². The molecule has 1 atom stereocenters. The number of pyridine rings is 1. The van der Waals surface area contributed by atoms with Crippen LogP contribution in [-0.4, -0.2) is 45.1 Å². The van der Waals surface area contributed by atoms with E-state index in [0.29, 0.717) is 11.3 Å². The molecule has 3 aromatic rings. The van der Waals surface area contributed by atoms with Crippen LogP contribution >= 0.6 is 0 Å². The molecule has 3 heterocycles. The van der Waals surface area contributed by atoms with Gasteiger partial charge in [0.15, 0.2) is 11.3 Å². The number of halogens is 1. The molecule has 0 bridgehead atoms. The van der Waals surface area contributed by atoms with Crippen molar-refractivity contribution in [2.75, 3.05) is 13.7 Å². The number of hydrogen-bond donors (Lipinski definition) is 3. The number of ether oxygens (including phenoxy) is 1. The first-order valence-corrected chi connectivity index (χ1v) is 9.99. The molecular formula is C23H20FN5O4. The first kappa shape index (κ1) is 22.0. The van der Waals surface area contributed by atoms with Gasteiger partial charge < -0.3 is 25.5 Å². The molecule has 1 aromatic carbocycles. The van der Waals surface area contributed by atoms with Crippen LogP contribution in [0.25, 0.3) is 11.4 Å². The van der Waals surface area contributed by atoms with E-state index in [4.69, 9.17) is 10.5 Å². The molecule has 0 radical (unpaired) electrons. The first-order chi connectivity index (χ1) is 15.7. The molecule has 0 aliphatic carbocycles. The summed E-state index contributed by atoms with van der Waals surface area (Å²) >= 11 is 0. The van der Waals surface area contributed by atoms with Crippen LogP contribution in [0.5, 0.6) is 5.75 Å². The number of nitrogens with zero attached hydrogens (tertiary/aromatic N) is 3. The van der Waals surface area contributed by atoms with Crippen LogP contribution in [0.15, 0.2) is 36.5 Å². The number of imidazole rings is 1. The maximum atomic E-state index is 14.8. The number of fused-ring (bicyclic) bond motifs is 3. The predicted octanol–water partition coefficient (Wildman–Crippen LogP) is 1.19. The smallest absolute Gasteiger partial charge is 0.270 e. The summed E-state index contributed by atoms with van der Waals surface area (Å²) in [6.45, 7) is 1.75. The second-order valence-corrected chi connectivity index (χ2v) is 7.44. The summed E-state index contributed by atoms with van der Waals surface area (Å²) in [4.78, 5) is 32.7. The molecule has 2 aromatic heterocycles. The number of nitrogens with two attached hydrogens (primary N) is 1. The zero-order valence-corrected chi connectivity index (χ0v) is 17.8. The molecule has 0 saturated heterocycles. The van der Waals surface area contributed by atoms with Gasteiger partial charge in [-0.05, 0) is 25.1 Å². The van der Waals surface area contributed by atoms with Crippen LogP contribution < -0.4 is 15.8 Å². The van der Waals surface area contributed by atoms with E-state index < -0.39 is 23.2 Å². The summed E-state index contributed by atoms with van der Waals surface area (Å²) < 4.78 is 22.0. The summed E-state index contributed by atoms with van der Waals surface area (Å²) in [5.41, 5.74) is 4.21. The molecule has 4 rings (SSSR count). The summed E-state index contributed by atoms with van der Waals surface area (Å²) in [6, 6.07) is 7.57. The van der Waals surface area contributed by atoms with Crippen LogP contribution in [0.3, 0.4) is 0 Å². The Kier molecular flexibility index (Phi) is 5.57. The van der Waals surface area contributed by atoms with Gasteiger partial charge in [0.1, 0.15) is 29.7 Å². The van der Waals surface area contributed by atoms with E-state index in [9.17, 15) is 19.1 Å². The van der Waals surface area contributed by atoms with Crippen LogP contribution in [-0.2, 0) is 12.1 Å². The zero-order chi connectivity index (χ0) is 23.8. The fourth-order valence-electron chi connectivity index (χ4n) is 3.49. The third kappa shape index (κ3) is 4.02. The fraction of sp³-hybridized carbons (Fsp3) is 0.217. The van der Waals surface area contributed by atoms with Gasteiger partial charge in [-0.15, -0.1) is 0 Å². The maximum absolute atomic E-state index is 14.8. The maximum Gasteiger partial charge on any atom is 0.270 e. The van der Waals surface area contributed by atoms with E-state index in [1.54, 1.807) is 18.2 Å². The third-order valence-corrected chi connectivity index (χ3v) is 5.13. The highest BCUT2D eigenvalue weighted by molar-refractivity contribution is 6.05. The van der Waals surface area contributed by atoms with E-state index in [0.717, 1.165) is 6.07 Å². The van der Waals surface area contributed by atoms with Gasteiger partial charge in [-0.25, -0.2) is 9.37 Å². The minimum Gasteiger partial charge on any atom is -0.491 e. The minimum absolute atomic E-state index is 0.00788. The van der Waals surface area contributed by atoms with Gasteiger partial charge in [0.05, 0.1) is 23.4 Å². The largest absolute Gasteiger partial charge is 0.491 e. The molecule has 33 heavy (non-hydrogen) atoms. The van der Waals surface area contributed by atoms with Crippen LogP contribution in [0.1, 0.15) is 39.2 Å². The van der Waals surface area contributed by atoms with Gasteiger partial charge in [0.25, 0.3) is 11.8 Å². The lowest BCUT2D eigenvalue weighted by Gasteiger charge is -2.15. The number of primary amides is 1. The van der Waals surface area contributed by atoms with Gasteiger partial charge in [-0.3, -0.25) is 14.6 Å². The van der Waals surface area contributed by atoms with Crippen LogP contribution in [0, 0.1) is 17.7 Å².